The Balaban J connectivity index is 1.58. The van der Waals surface area contributed by atoms with Crippen LogP contribution in [0.5, 0.6) is 5.75 Å². The molecule has 176 valence electrons. The summed E-state index contributed by atoms with van der Waals surface area (Å²) in [6.07, 6.45) is 0. The molecule has 1 fully saturated rings. The Morgan fingerprint density at radius 2 is 1.74 bits per heavy atom. The van der Waals surface area contributed by atoms with Gasteiger partial charge in [-0.1, -0.05) is 12.1 Å². The van der Waals surface area contributed by atoms with Gasteiger partial charge in [0.25, 0.3) is 5.91 Å². The van der Waals surface area contributed by atoms with Crippen LogP contribution in [0, 0.1) is 6.92 Å². The fraction of sp³-hybridized carbons (Fsp3) is 0.259. The van der Waals surface area contributed by atoms with Crippen LogP contribution in [-0.4, -0.2) is 49.8 Å². The second-order valence-corrected chi connectivity index (χ2v) is 8.55. The molecule has 0 bridgehead atoms. The molecule has 1 aliphatic heterocycles. The lowest BCUT2D eigenvalue weighted by atomic mass is 10.1. The lowest BCUT2D eigenvalue weighted by Gasteiger charge is -2.43. The van der Waals surface area contributed by atoms with Crippen LogP contribution >= 0.6 is 0 Å². The zero-order chi connectivity index (χ0) is 24.2. The number of piperazine rings is 1. The summed E-state index contributed by atoms with van der Waals surface area (Å²) in [6, 6.07) is 20.4. The number of carbonyl (C=O) groups is 2. The van der Waals surface area contributed by atoms with E-state index in [1.807, 2.05) is 0 Å². The number of aromatic carboxylic acids is 1. The zero-order valence-electron chi connectivity index (χ0n) is 19.6. The first-order chi connectivity index (χ1) is 16.4. The van der Waals surface area contributed by atoms with E-state index in [2.05, 4.69) is 53.2 Å². The molecule has 7 heteroatoms. The minimum absolute atomic E-state index is 0.125. The normalized spacial score (nSPS) is 15.7. The molecule has 0 spiro atoms. The number of rotatable bonds is 6. The van der Waals surface area contributed by atoms with E-state index in [4.69, 9.17) is 4.74 Å². The highest BCUT2D eigenvalue weighted by Gasteiger charge is 2.26. The van der Waals surface area contributed by atoms with Gasteiger partial charge in [0, 0.05) is 36.9 Å². The van der Waals surface area contributed by atoms with Gasteiger partial charge in [-0.05, 0) is 74.0 Å². The van der Waals surface area contributed by atoms with Crippen molar-refractivity contribution < 1.29 is 19.4 Å². The van der Waals surface area contributed by atoms with Crippen LogP contribution in [0.4, 0.5) is 17.1 Å². The number of hydrogen-bond donors (Lipinski definition) is 2. The molecule has 4 rings (SSSR count). The predicted octanol–water partition coefficient (Wildman–Crippen LogP) is 4.67. The second-order valence-electron chi connectivity index (χ2n) is 8.55. The van der Waals surface area contributed by atoms with Gasteiger partial charge in [-0.2, -0.15) is 0 Å². The number of carbonyl (C=O) groups excluding carboxylic acids is 1. The number of methoxy groups -OCH3 is 1. The van der Waals surface area contributed by atoms with E-state index < -0.39 is 5.97 Å². The first-order valence-corrected chi connectivity index (χ1v) is 11.3. The lowest BCUT2D eigenvalue weighted by molar-refractivity contribution is 0.0696. The van der Waals surface area contributed by atoms with Crippen molar-refractivity contribution in [1.29, 1.82) is 0 Å². The number of benzene rings is 3. The van der Waals surface area contributed by atoms with Crippen LogP contribution in [0.3, 0.4) is 0 Å². The van der Waals surface area contributed by atoms with Crippen molar-refractivity contribution in [1.82, 2.24) is 0 Å². The maximum Gasteiger partial charge on any atom is 0.335 e. The highest BCUT2D eigenvalue weighted by Crippen LogP contribution is 2.31. The van der Waals surface area contributed by atoms with E-state index in [1.54, 1.807) is 43.5 Å². The summed E-state index contributed by atoms with van der Waals surface area (Å²) in [4.78, 5) is 29.1. The molecule has 34 heavy (non-hydrogen) atoms. The van der Waals surface area contributed by atoms with E-state index in [9.17, 15) is 14.7 Å². The smallest absolute Gasteiger partial charge is 0.335 e. The Labute approximate surface area is 199 Å². The number of nitrogens with zero attached hydrogens (tertiary/aromatic N) is 2. The van der Waals surface area contributed by atoms with Gasteiger partial charge in [-0.15, -0.1) is 0 Å². The largest absolute Gasteiger partial charge is 0.497 e. The molecule has 1 saturated heterocycles. The molecular formula is C27H29N3O4. The molecule has 3 aromatic carbocycles. The maximum absolute atomic E-state index is 12.9. The Bertz CT molecular complexity index is 1190. The van der Waals surface area contributed by atoms with Gasteiger partial charge in [0.1, 0.15) is 5.75 Å². The number of carboxylic acid groups (broad SMARTS) is 1. The van der Waals surface area contributed by atoms with Crippen molar-refractivity contribution in [2.75, 3.05) is 41.9 Å². The number of nitrogens with one attached hydrogen (secondary N) is 1. The molecule has 1 amide bonds. The number of carboxylic acids is 1. The van der Waals surface area contributed by atoms with Crippen LogP contribution in [0.25, 0.3) is 0 Å². The van der Waals surface area contributed by atoms with Crippen LogP contribution in [0.15, 0.2) is 66.7 Å². The summed E-state index contributed by atoms with van der Waals surface area (Å²) >= 11 is 0. The maximum atomic E-state index is 12.9. The average Bonchev–Trinajstić information content (AvgIpc) is 2.84. The summed E-state index contributed by atoms with van der Waals surface area (Å²) in [5.41, 5.74) is 4.30. The van der Waals surface area contributed by atoms with Crippen molar-refractivity contribution in [2.45, 2.75) is 19.9 Å². The van der Waals surface area contributed by atoms with Gasteiger partial charge < -0.3 is 25.0 Å². The van der Waals surface area contributed by atoms with Crippen molar-refractivity contribution in [3.05, 3.63) is 83.4 Å². The quantitative estimate of drug-likeness (QED) is 0.558. The summed E-state index contributed by atoms with van der Waals surface area (Å²) in [7, 11) is 1.57. The summed E-state index contributed by atoms with van der Waals surface area (Å²) in [5.74, 6) is -0.687. The van der Waals surface area contributed by atoms with Gasteiger partial charge in [0.05, 0.1) is 24.0 Å². The molecule has 0 unspecified atom stereocenters. The third-order valence-corrected chi connectivity index (χ3v) is 6.15. The molecule has 0 radical (unpaired) electrons. The van der Waals surface area contributed by atoms with Crippen molar-refractivity contribution in [2.24, 2.45) is 0 Å². The van der Waals surface area contributed by atoms with Crippen LogP contribution in [-0.2, 0) is 0 Å². The molecule has 0 aromatic heterocycles. The van der Waals surface area contributed by atoms with E-state index >= 15 is 0 Å². The van der Waals surface area contributed by atoms with Crippen molar-refractivity contribution >= 4 is 28.9 Å². The summed E-state index contributed by atoms with van der Waals surface area (Å²) < 4.78 is 5.16. The standard InChI is InChI=1S/C27H29N3O4/c1-18-5-4-6-22(15-18)30-14-13-29(17-19(30)2)25-12-9-21(27(32)33)16-24(25)28-26(31)20-7-10-23(34-3)11-8-20/h4-12,15-16,19H,13-14,17H2,1-3H3,(H,28,31)(H,32,33)/t19-/m0/s1. The molecule has 0 aliphatic carbocycles. The summed E-state index contributed by atoms with van der Waals surface area (Å²) in [6.45, 7) is 6.57. The number of anilines is 3. The Morgan fingerprint density at radius 3 is 2.38 bits per heavy atom. The number of hydrogen-bond acceptors (Lipinski definition) is 5. The van der Waals surface area contributed by atoms with Gasteiger partial charge in [-0.25, -0.2) is 4.79 Å². The van der Waals surface area contributed by atoms with E-state index in [1.165, 1.54) is 17.3 Å². The van der Waals surface area contributed by atoms with Crippen LogP contribution < -0.4 is 19.9 Å². The Morgan fingerprint density at radius 1 is 1.00 bits per heavy atom. The van der Waals surface area contributed by atoms with Gasteiger partial charge in [0.2, 0.25) is 0 Å². The monoisotopic (exact) mass is 459 g/mol. The van der Waals surface area contributed by atoms with Crippen LogP contribution in [0.1, 0.15) is 33.2 Å². The molecule has 1 heterocycles. The minimum Gasteiger partial charge on any atom is -0.497 e. The topological polar surface area (TPSA) is 82.1 Å². The van der Waals surface area contributed by atoms with E-state index in [-0.39, 0.29) is 17.5 Å². The Hall–Kier alpha value is -4.00. The van der Waals surface area contributed by atoms with Gasteiger partial charge in [-0.3, -0.25) is 4.79 Å². The first-order valence-electron chi connectivity index (χ1n) is 11.3. The number of amides is 1. The fourth-order valence-corrected chi connectivity index (χ4v) is 4.35. The third kappa shape index (κ3) is 4.98. The third-order valence-electron chi connectivity index (χ3n) is 6.15. The average molecular weight is 460 g/mol. The SMILES string of the molecule is COc1ccc(C(=O)Nc2cc(C(=O)O)ccc2N2CCN(c3cccc(C)c3)[C@@H](C)C2)cc1. The summed E-state index contributed by atoms with van der Waals surface area (Å²) in [5, 5.41) is 12.4. The van der Waals surface area contributed by atoms with E-state index in [0.29, 0.717) is 17.0 Å². The van der Waals surface area contributed by atoms with Gasteiger partial charge >= 0.3 is 5.97 Å². The minimum atomic E-state index is -1.04. The zero-order valence-corrected chi connectivity index (χ0v) is 19.6. The first kappa shape index (κ1) is 23.2. The molecule has 3 aromatic rings. The van der Waals surface area contributed by atoms with Crippen molar-refractivity contribution in [3.8, 4) is 5.75 Å². The highest BCUT2D eigenvalue weighted by atomic mass is 16.5. The molecule has 1 aliphatic rings. The van der Waals surface area contributed by atoms with Gasteiger partial charge in [0.15, 0.2) is 0 Å². The van der Waals surface area contributed by atoms with Crippen molar-refractivity contribution in [3.63, 3.8) is 0 Å². The number of ether oxygens (including phenoxy) is 1. The second kappa shape index (κ2) is 9.87. The van der Waals surface area contributed by atoms with Crippen LogP contribution in [0.2, 0.25) is 0 Å². The molecule has 0 saturated carbocycles. The predicted molar refractivity (Wildman–Crippen MR) is 135 cm³/mol. The molecule has 2 N–H and O–H groups in total. The number of aryl methyl sites for hydroxylation is 1. The fourth-order valence-electron chi connectivity index (χ4n) is 4.35. The molecule has 7 nitrogen and oxygen atoms in total. The Kier molecular flexibility index (Phi) is 6.72. The highest BCUT2D eigenvalue weighted by molar-refractivity contribution is 6.06. The molecular weight excluding hydrogens is 430 g/mol. The lowest BCUT2D eigenvalue weighted by Crippen LogP contribution is -2.52. The van der Waals surface area contributed by atoms with E-state index in [0.717, 1.165) is 25.3 Å². The molecule has 1 atom stereocenters.